The fourth-order valence-corrected chi connectivity index (χ4v) is 3.70. The third kappa shape index (κ3) is 10.6. The maximum Gasteiger partial charge on any atom is 0.317 e. The molecule has 0 amide bonds. The first-order valence-corrected chi connectivity index (χ1v) is 10.8. The van der Waals surface area contributed by atoms with Gasteiger partial charge in [0.2, 0.25) is 0 Å². The van der Waals surface area contributed by atoms with Crippen molar-refractivity contribution in [2.75, 3.05) is 46.8 Å². The summed E-state index contributed by atoms with van der Waals surface area (Å²) < 4.78 is 0. The summed E-state index contributed by atoms with van der Waals surface area (Å²) >= 11 is 1.08. The zero-order chi connectivity index (χ0) is 24.3. The zero-order valence-electron chi connectivity index (χ0n) is 18.5. The third-order valence-corrected chi connectivity index (χ3v) is 5.54. The van der Waals surface area contributed by atoms with Crippen molar-refractivity contribution in [2.45, 2.75) is 30.3 Å². The predicted molar refractivity (Wildman–Crippen MR) is 119 cm³/mol. The Hall–Kier alpha value is -2.65. The number of thiocyanates is 1. The largest absolute Gasteiger partial charge is 0.480 e. The van der Waals surface area contributed by atoms with E-state index in [1.165, 1.54) is 4.90 Å². The van der Waals surface area contributed by atoms with Crippen LogP contribution in [0.4, 0.5) is 0 Å². The molecule has 1 unspecified atom stereocenters. The number of thioether (sulfide) groups is 1. The molecular weight excluding hydrogens is 436 g/mol. The van der Waals surface area contributed by atoms with Crippen LogP contribution in [-0.4, -0.2) is 107 Å². The van der Waals surface area contributed by atoms with Crippen LogP contribution in [0.15, 0.2) is 29.2 Å². The molecule has 0 radical (unpaired) electrons. The highest BCUT2D eigenvalue weighted by molar-refractivity contribution is 8.03. The lowest BCUT2D eigenvalue weighted by molar-refractivity contribution is -0.144. The molecule has 0 saturated heterocycles. The van der Waals surface area contributed by atoms with Crippen molar-refractivity contribution in [3.63, 3.8) is 0 Å². The van der Waals surface area contributed by atoms with Gasteiger partial charge in [0.1, 0.15) is 5.40 Å². The van der Waals surface area contributed by atoms with Gasteiger partial charge in [-0.1, -0.05) is 12.1 Å². The molecule has 0 heterocycles. The molecule has 0 spiro atoms. The number of hydrogen-bond donors (Lipinski definition) is 3. The normalized spacial score (nSPS) is 13.2. The fraction of sp³-hybridized carbons (Fsp3) is 0.524. The molecule has 176 valence electrons. The van der Waals surface area contributed by atoms with Crippen LogP contribution >= 0.6 is 11.8 Å². The van der Waals surface area contributed by atoms with Crippen molar-refractivity contribution >= 4 is 29.7 Å². The minimum absolute atomic E-state index is 0.0385. The third-order valence-electron chi connectivity index (χ3n) is 4.94. The van der Waals surface area contributed by atoms with Gasteiger partial charge in [0.25, 0.3) is 0 Å². The Morgan fingerprint density at radius 2 is 1.50 bits per heavy atom. The fourth-order valence-electron chi connectivity index (χ4n) is 3.33. The molecule has 0 aromatic heterocycles. The van der Waals surface area contributed by atoms with E-state index in [4.69, 9.17) is 15.5 Å². The molecule has 1 aromatic carbocycles. The van der Waals surface area contributed by atoms with E-state index in [0.29, 0.717) is 13.0 Å². The van der Waals surface area contributed by atoms with E-state index in [1.807, 2.05) is 48.7 Å². The van der Waals surface area contributed by atoms with Gasteiger partial charge in [-0.15, -0.1) is 0 Å². The van der Waals surface area contributed by atoms with Crippen LogP contribution in [0.25, 0.3) is 0 Å². The zero-order valence-corrected chi connectivity index (χ0v) is 19.3. The van der Waals surface area contributed by atoms with Crippen molar-refractivity contribution < 1.29 is 29.7 Å². The summed E-state index contributed by atoms with van der Waals surface area (Å²) in [4.78, 5) is 39.5. The first-order chi connectivity index (χ1) is 15.0. The quantitative estimate of drug-likeness (QED) is 0.251. The van der Waals surface area contributed by atoms with E-state index in [2.05, 4.69) is 0 Å². The van der Waals surface area contributed by atoms with Crippen molar-refractivity contribution in [3.05, 3.63) is 29.8 Å². The predicted octanol–water partition coefficient (Wildman–Crippen LogP) is 0.979. The van der Waals surface area contributed by atoms with Gasteiger partial charge >= 0.3 is 17.9 Å². The maximum absolute atomic E-state index is 11.4. The summed E-state index contributed by atoms with van der Waals surface area (Å²) in [6.07, 6.45) is 0.642. The average molecular weight is 467 g/mol. The van der Waals surface area contributed by atoms with Gasteiger partial charge in [-0.25, -0.2) is 0 Å². The standard InChI is InChI=1S/C21H30N4O6S/c1-15(25(12-20(28)29)13-21(30)31)9-24(11-19(26)27)10-17(23(2)3)8-16-4-6-18(7-5-16)32-14-22/h4-7,15,17H,8-13H2,1-3H3,(H,26,27)(H,28,29)(H,30,31)/t15-,17?/m1/s1. The molecule has 11 heteroatoms. The summed E-state index contributed by atoms with van der Waals surface area (Å²) in [6.45, 7) is 1.15. The maximum atomic E-state index is 11.4. The Morgan fingerprint density at radius 1 is 0.969 bits per heavy atom. The van der Waals surface area contributed by atoms with Crippen molar-refractivity contribution in [1.29, 1.82) is 5.26 Å². The molecule has 0 saturated carbocycles. The van der Waals surface area contributed by atoms with Crippen LogP contribution in [-0.2, 0) is 20.8 Å². The van der Waals surface area contributed by atoms with E-state index in [9.17, 15) is 19.5 Å². The minimum atomic E-state index is -1.15. The van der Waals surface area contributed by atoms with Gasteiger partial charge in [-0.2, -0.15) is 5.26 Å². The van der Waals surface area contributed by atoms with E-state index in [-0.39, 0.29) is 19.1 Å². The number of hydrogen-bond acceptors (Lipinski definition) is 8. The van der Waals surface area contributed by atoms with Crippen molar-refractivity contribution in [2.24, 2.45) is 0 Å². The van der Waals surface area contributed by atoms with Crippen LogP contribution in [0, 0.1) is 10.7 Å². The van der Waals surface area contributed by atoms with E-state index < -0.39 is 37.0 Å². The van der Waals surface area contributed by atoms with Crippen LogP contribution in [0.1, 0.15) is 12.5 Å². The van der Waals surface area contributed by atoms with Gasteiger partial charge in [0.15, 0.2) is 0 Å². The Bertz CT molecular complexity index is 796. The monoisotopic (exact) mass is 466 g/mol. The number of rotatable bonds is 15. The molecule has 0 aliphatic carbocycles. The van der Waals surface area contributed by atoms with Crippen LogP contribution in [0.2, 0.25) is 0 Å². The number of nitriles is 1. The second kappa shape index (κ2) is 13.7. The van der Waals surface area contributed by atoms with Crippen molar-refractivity contribution in [1.82, 2.24) is 14.7 Å². The summed E-state index contributed by atoms with van der Waals surface area (Å²) in [7, 11) is 3.79. The second-order valence-electron chi connectivity index (χ2n) is 7.79. The van der Waals surface area contributed by atoms with E-state index in [0.717, 1.165) is 22.2 Å². The first-order valence-electron chi connectivity index (χ1n) is 9.94. The highest BCUT2D eigenvalue weighted by atomic mass is 32.2. The highest BCUT2D eigenvalue weighted by Gasteiger charge is 2.25. The molecule has 10 nitrogen and oxygen atoms in total. The lowest BCUT2D eigenvalue weighted by atomic mass is 10.0. The first kappa shape index (κ1) is 27.4. The molecule has 2 atom stereocenters. The number of carbonyl (C=O) groups is 3. The molecule has 32 heavy (non-hydrogen) atoms. The Labute approximate surface area is 192 Å². The van der Waals surface area contributed by atoms with E-state index >= 15 is 0 Å². The SMILES string of the molecule is C[C@H](CN(CC(=O)O)CC(Cc1ccc(SC#N)cc1)N(C)C)N(CC(=O)O)CC(=O)O. The molecule has 3 N–H and O–H groups in total. The summed E-state index contributed by atoms with van der Waals surface area (Å²) in [5.41, 5.74) is 1.03. The van der Waals surface area contributed by atoms with E-state index in [1.54, 1.807) is 11.8 Å². The minimum Gasteiger partial charge on any atom is -0.480 e. The number of nitrogens with zero attached hydrogens (tertiary/aromatic N) is 4. The summed E-state index contributed by atoms with van der Waals surface area (Å²) in [5, 5.41) is 38.3. The Balaban J connectivity index is 2.94. The van der Waals surface area contributed by atoms with Gasteiger partial charge in [0.05, 0.1) is 19.6 Å². The van der Waals surface area contributed by atoms with Gasteiger partial charge in [-0.05, 0) is 56.9 Å². The molecule has 0 aliphatic heterocycles. The van der Waals surface area contributed by atoms with Crippen LogP contribution in [0.5, 0.6) is 0 Å². The number of carboxylic acid groups (broad SMARTS) is 3. The van der Waals surface area contributed by atoms with Gasteiger partial charge in [-0.3, -0.25) is 24.2 Å². The van der Waals surface area contributed by atoms with Crippen LogP contribution < -0.4 is 0 Å². The van der Waals surface area contributed by atoms with Gasteiger partial charge < -0.3 is 20.2 Å². The number of carboxylic acids is 3. The van der Waals surface area contributed by atoms with Crippen LogP contribution in [0.3, 0.4) is 0 Å². The molecule has 0 bridgehead atoms. The number of likely N-dealkylation sites (N-methyl/N-ethyl adjacent to an activating group) is 1. The average Bonchev–Trinajstić information content (AvgIpc) is 2.67. The highest BCUT2D eigenvalue weighted by Crippen LogP contribution is 2.18. The molecule has 1 rings (SSSR count). The molecule has 0 aliphatic rings. The Morgan fingerprint density at radius 3 is 1.94 bits per heavy atom. The Kier molecular flexibility index (Phi) is 11.7. The number of aliphatic carboxylic acids is 3. The molecule has 1 aromatic rings. The lowest BCUT2D eigenvalue weighted by Gasteiger charge is -2.34. The van der Waals surface area contributed by atoms with Crippen molar-refractivity contribution in [3.8, 4) is 5.40 Å². The molecular formula is C21H30N4O6S. The smallest absolute Gasteiger partial charge is 0.317 e. The lowest BCUT2D eigenvalue weighted by Crippen LogP contribution is -2.50. The second-order valence-corrected chi connectivity index (χ2v) is 8.65. The van der Waals surface area contributed by atoms with Gasteiger partial charge in [0, 0.05) is 30.1 Å². The topological polar surface area (TPSA) is 145 Å². The summed E-state index contributed by atoms with van der Waals surface area (Å²) in [6, 6.07) is 7.07. The molecule has 0 fully saturated rings. The number of benzene rings is 1. The summed E-state index contributed by atoms with van der Waals surface area (Å²) in [5.74, 6) is -3.31.